The molecule has 0 aromatic rings. The molecule has 0 amide bonds. The van der Waals surface area contributed by atoms with Crippen molar-refractivity contribution in [3.63, 3.8) is 0 Å². The Morgan fingerprint density at radius 3 is 2.25 bits per heavy atom. The minimum atomic E-state index is -4.15. The summed E-state index contributed by atoms with van der Waals surface area (Å²) in [5.74, 6) is 0. The number of hydrogen-bond acceptors (Lipinski definition) is 2. The van der Waals surface area contributed by atoms with Crippen LogP contribution >= 0.6 is 42.4 Å². The van der Waals surface area contributed by atoms with Crippen LogP contribution in [0.4, 0.5) is 0 Å². The monoisotopic (exact) mass is 254 g/mol. The summed E-state index contributed by atoms with van der Waals surface area (Å²) in [6, 6.07) is 0. The maximum atomic E-state index is 11.1. The van der Waals surface area contributed by atoms with Gasteiger partial charge in [-0.3, -0.25) is 4.57 Å². The fourth-order valence-corrected chi connectivity index (χ4v) is 1.49. The van der Waals surface area contributed by atoms with Crippen molar-refractivity contribution in [1.82, 2.24) is 0 Å². The summed E-state index contributed by atoms with van der Waals surface area (Å²) in [5.41, 5.74) is 0. The zero-order chi connectivity index (χ0) is 9.99. The molecule has 2 atom stereocenters. The van der Waals surface area contributed by atoms with Crippen molar-refractivity contribution in [3.8, 4) is 0 Å². The lowest BCUT2D eigenvalue weighted by molar-refractivity contribution is 0.185. The molecule has 7 heteroatoms. The SMILES string of the molecule is CCC(C)OP(=O)(O)C(Cl)(Cl)Cl. The van der Waals surface area contributed by atoms with Crippen LogP contribution < -0.4 is 0 Å². The Balaban J connectivity index is 4.34. The van der Waals surface area contributed by atoms with E-state index in [1.54, 1.807) is 13.8 Å². The first-order chi connectivity index (χ1) is 5.20. The molecule has 0 aliphatic rings. The van der Waals surface area contributed by atoms with E-state index in [-0.39, 0.29) is 0 Å². The van der Waals surface area contributed by atoms with Crippen molar-refractivity contribution >= 4 is 42.4 Å². The van der Waals surface area contributed by atoms with Crippen molar-refractivity contribution in [2.24, 2.45) is 0 Å². The molecule has 0 aliphatic carbocycles. The second-order valence-electron chi connectivity index (χ2n) is 2.31. The van der Waals surface area contributed by atoms with Gasteiger partial charge in [0.15, 0.2) is 0 Å². The van der Waals surface area contributed by atoms with Crippen LogP contribution in [0.3, 0.4) is 0 Å². The molecule has 0 saturated carbocycles. The van der Waals surface area contributed by atoms with Gasteiger partial charge in [-0.2, -0.15) is 0 Å². The topological polar surface area (TPSA) is 46.5 Å². The van der Waals surface area contributed by atoms with Crippen LogP contribution in [-0.4, -0.2) is 14.5 Å². The lowest BCUT2D eigenvalue weighted by Gasteiger charge is -2.21. The second kappa shape index (κ2) is 4.50. The van der Waals surface area contributed by atoms with Crippen molar-refractivity contribution in [1.29, 1.82) is 0 Å². The first-order valence-corrected chi connectivity index (χ1v) is 6.00. The van der Waals surface area contributed by atoms with Gasteiger partial charge < -0.3 is 9.42 Å². The van der Waals surface area contributed by atoms with Gasteiger partial charge in [-0.15, -0.1) is 0 Å². The van der Waals surface area contributed by atoms with Crippen LogP contribution in [-0.2, 0) is 9.09 Å². The van der Waals surface area contributed by atoms with Gasteiger partial charge in [0.05, 0.1) is 6.10 Å². The number of halogens is 3. The van der Waals surface area contributed by atoms with E-state index >= 15 is 0 Å². The summed E-state index contributed by atoms with van der Waals surface area (Å²) in [7, 11) is -4.15. The number of hydrogen-bond donors (Lipinski definition) is 1. The average molecular weight is 255 g/mol. The van der Waals surface area contributed by atoms with Gasteiger partial charge in [0.25, 0.3) is 3.53 Å². The molecule has 0 rings (SSSR count). The van der Waals surface area contributed by atoms with Crippen molar-refractivity contribution in [2.45, 2.75) is 29.9 Å². The molecule has 1 N–H and O–H groups in total. The molecule has 74 valence electrons. The lowest BCUT2D eigenvalue weighted by atomic mass is 10.3. The van der Waals surface area contributed by atoms with Gasteiger partial charge in [-0.1, -0.05) is 41.7 Å². The van der Waals surface area contributed by atoms with E-state index in [4.69, 9.17) is 39.7 Å². The fraction of sp³-hybridized carbons (Fsp3) is 1.00. The van der Waals surface area contributed by atoms with E-state index in [9.17, 15) is 4.57 Å². The summed E-state index contributed by atoms with van der Waals surface area (Å²) < 4.78 is 13.5. The molecule has 12 heavy (non-hydrogen) atoms. The maximum Gasteiger partial charge on any atom is 0.379 e. The highest BCUT2D eigenvalue weighted by Crippen LogP contribution is 2.63. The van der Waals surface area contributed by atoms with Crippen molar-refractivity contribution in [2.75, 3.05) is 0 Å². The molecular weight excluding hydrogens is 245 g/mol. The van der Waals surface area contributed by atoms with Crippen molar-refractivity contribution in [3.05, 3.63) is 0 Å². The van der Waals surface area contributed by atoms with Gasteiger partial charge >= 0.3 is 7.60 Å². The Kier molecular flexibility index (Phi) is 4.88. The highest BCUT2D eigenvalue weighted by molar-refractivity contribution is 7.61. The third kappa shape index (κ3) is 3.82. The zero-order valence-corrected chi connectivity index (χ0v) is 9.79. The van der Waals surface area contributed by atoms with E-state index < -0.39 is 17.2 Å². The summed E-state index contributed by atoms with van der Waals surface area (Å²) in [4.78, 5) is 9.09. The molecule has 3 nitrogen and oxygen atoms in total. The minimum Gasteiger partial charge on any atom is -0.321 e. The van der Waals surface area contributed by atoms with E-state index in [0.717, 1.165) is 0 Å². The number of alkyl halides is 3. The molecule has 0 fully saturated rings. The van der Waals surface area contributed by atoms with E-state index in [1.165, 1.54) is 0 Å². The molecule has 0 aromatic carbocycles. The maximum absolute atomic E-state index is 11.1. The summed E-state index contributed by atoms with van der Waals surface area (Å²) >= 11 is 15.7. The van der Waals surface area contributed by atoms with E-state index in [2.05, 4.69) is 4.52 Å². The average Bonchev–Trinajstić information content (AvgIpc) is 1.84. The normalized spacial score (nSPS) is 20.2. The standard InChI is InChI=1S/C5H10Cl3O3P/c1-3-4(2)11-12(9,10)5(6,7)8/h4H,3H2,1-2H3,(H,9,10). The third-order valence-electron chi connectivity index (χ3n) is 1.22. The smallest absolute Gasteiger partial charge is 0.321 e. The summed E-state index contributed by atoms with van der Waals surface area (Å²) in [5, 5.41) is 0. The third-order valence-corrected chi connectivity index (χ3v) is 4.43. The molecule has 2 unspecified atom stereocenters. The summed E-state index contributed by atoms with van der Waals surface area (Å²) in [6.07, 6.45) is 0.169. The Hall–Kier alpha value is 1.02. The molecule has 0 radical (unpaired) electrons. The van der Waals surface area contributed by atoms with Crippen molar-refractivity contribution < 1.29 is 14.0 Å². The Labute approximate surface area is 86.5 Å². The van der Waals surface area contributed by atoms with Crippen LogP contribution in [0.5, 0.6) is 0 Å². The molecule has 0 spiro atoms. The predicted octanol–water partition coefficient (Wildman–Crippen LogP) is 3.31. The van der Waals surface area contributed by atoms with Gasteiger partial charge in [-0.25, -0.2) is 0 Å². The largest absolute Gasteiger partial charge is 0.379 e. The van der Waals surface area contributed by atoms with E-state index in [0.29, 0.717) is 6.42 Å². The van der Waals surface area contributed by atoms with Crippen LogP contribution in [0, 0.1) is 0 Å². The number of rotatable bonds is 3. The molecular formula is C5H10Cl3O3P. The molecule has 0 heterocycles. The first-order valence-electron chi connectivity index (χ1n) is 3.28. The quantitative estimate of drug-likeness (QED) is 0.621. The minimum absolute atomic E-state index is 0.406. The summed E-state index contributed by atoms with van der Waals surface area (Å²) in [6.45, 7) is 3.42. The van der Waals surface area contributed by atoms with Crippen LogP contribution in [0.25, 0.3) is 0 Å². The van der Waals surface area contributed by atoms with Gasteiger partial charge in [0.1, 0.15) is 0 Å². The highest BCUT2D eigenvalue weighted by atomic mass is 35.6. The van der Waals surface area contributed by atoms with E-state index in [1.807, 2.05) is 0 Å². The Bertz CT molecular complexity index is 191. The van der Waals surface area contributed by atoms with Gasteiger partial charge in [-0.05, 0) is 13.3 Å². The Morgan fingerprint density at radius 2 is 2.00 bits per heavy atom. The predicted molar refractivity (Wildman–Crippen MR) is 51.0 cm³/mol. The Morgan fingerprint density at radius 1 is 1.58 bits per heavy atom. The van der Waals surface area contributed by atoms with Crippen LogP contribution in [0.15, 0.2) is 0 Å². The zero-order valence-electron chi connectivity index (χ0n) is 6.63. The van der Waals surface area contributed by atoms with Gasteiger partial charge in [0.2, 0.25) is 0 Å². The van der Waals surface area contributed by atoms with Crippen LogP contribution in [0.2, 0.25) is 0 Å². The van der Waals surface area contributed by atoms with Crippen LogP contribution in [0.1, 0.15) is 20.3 Å². The molecule has 0 aromatic heterocycles. The molecule has 0 saturated heterocycles. The van der Waals surface area contributed by atoms with Gasteiger partial charge in [0, 0.05) is 0 Å². The first kappa shape index (κ1) is 13.0. The second-order valence-corrected chi connectivity index (χ2v) is 7.31. The fourth-order valence-electron chi connectivity index (χ4n) is 0.378. The molecule has 0 aliphatic heterocycles. The lowest BCUT2D eigenvalue weighted by Crippen LogP contribution is -2.12. The highest BCUT2D eigenvalue weighted by Gasteiger charge is 2.45. The molecule has 0 bridgehead atoms.